The van der Waals surface area contributed by atoms with Crippen LogP contribution in [0.1, 0.15) is 56.3 Å². The first kappa shape index (κ1) is 21.5. The van der Waals surface area contributed by atoms with E-state index >= 15 is 0 Å². The van der Waals surface area contributed by atoms with E-state index in [0.717, 1.165) is 43.4 Å². The molecule has 1 amide bonds. The number of hydrogen-bond acceptors (Lipinski definition) is 4. The lowest BCUT2D eigenvalue weighted by atomic mass is 9.90. The highest BCUT2D eigenvalue weighted by Crippen LogP contribution is 2.29. The topological polar surface area (TPSA) is 46.9 Å². The molecule has 6 nitrogen and oxygen atoms in total. The van der Waals surface area contributed by atoms with E-state index in [9.17, 15) is 4.79 Å². The third-order valence-corrected chi connectivity index (χ3v) is 7.15. The van der Waals surface area contributed by atoms with E-state index in [1.807, 2.05) is 53.9 Å². The smallest absolute Gasteiger partial charge is 0.255 e. The zero-order valence-electron chi connectivity index (χ0n) is 19.3. The SMILES string of the molecule is C[C@@H]1CN(C(=O)c2ccn(-c3ccc(OC4CCN(C5CCC5)CC4)cc3)c2)C[C@H](C)O1. The normalized spacial score (nSPS) is 25.5. The third-order valence-electron chi connectivity index (χ3n) is 7.15. The molecule has 2 saturated heterocycles. The van der Waals surface area contributed by atoms with E-state index in [-0.39, 0.29) is 18.1 Å². The lowest BCUT2D eigenvalue weighted by Gasteiger charge is -2.41. The molecule has 2 atom stereocenters. The molecule has 3 fully saturated rings. The van der Waals surface area contributed by atoms with Crippen molar-refractivity contribution in [2.75, 3.05) is 26.2 Å². The highest BCUT2D eigenvalue weighted by atomic mass is 16.5. The Hall–Kier alpha value is -2.31. The van der Waals surface area contributed by atoms with Crippen molar-refractivity contribution in [3.8, 4) is 11.4 Å². The van der Waals surface area contributed by atoms with Crippen LogP contribution in [-0.2, 0) is 4.74 Å². The summed E-state index contributed by atoms with van der Waals surface area (Å²) < 4.78 is 14.0. The number of nitrogens with zero attached hydrogens (tertiary/aromatic N) is 3. The molecule has 2 aromatic rings. The molecule has 0 radical (unpaired) electrons. The van der Waals surface area contributed by atoms with Gasteiger partial charge in [0.1, 0.15) is 11.9 Å². The summed E-state index contributed by atoms with van der Waals surface area (Å²) >= 11 is 0. The number of piperidine rings is 1. The molecule has 0 N–H and O–H groups in total. The van der Waals surface area contributed by atoms with Crippen molar-refractivity contribution >= 4 is 5.91 Å². The Morgan fingerprint density at radius 2 is 1.66 bits per heavy atom. The fourth-order valence-corrected chi connectivity index (χ4v) is 5.21. The van der Waals surface area contributed by atoms with Gasteiger partial charge in [0.15, 0.2) is 0 Å². The molecule has 32 heavy (non-hydrogen) atoms. The monoisotopic (exact) mass is 437 g/mol. The fourth-order valence-electron chi connectivity index (χ4n) is 5.21. The van der Waals surface area contributed by atoms with Gasteiger partial charge in [-0.15, -0.1) is 0 Å². The predicted molar refractivity (Wildman–Crippen MR) is 125 cm³/mol. The average molecular weight is 438 g/mol. The first-order valence-electron chi connectivity index (χ1n) is 12.2. The average Bonchev–Trinajstić information content (AvgIpc) is 3.23. The van der Waals surface area contributed by atoms with Crippen LogP contribution >= 0.6 is 0 Å². The fraction of sp³-hybridized carbons (Fsp3) is 0.577. The Morgan fingerprint density at radius 3 is 2.28 bits per heavy atom. The molecule has 0 bridgehead atoms. The maximum atomic E-state index is 12.9. The molecule has 6 heteroatoms. The Balaban J connectivity index is 1.17. The maximum absolute atomic E-state index is 12.9. The standard InChI is InChI=1S/C26H35N3O3/c1-19-16-29(17-20(2)31-19)26(30)21-10-13-28(18-21)23-6-8-24(9-7-23)32-25-11-14-27(15-12-25)22-4-3-5-22/h6-10,13,18-20,22,25H,3-5,11-12,14-17H2,1-2H3/t19-,20+. The molecule has 1 aromatic carbocycles. The lowest BCUT2D eigenvalue weighted by molar-refractivity contribution is -0.0586. The highest BCUT2D eigenvalue weighted by molar-refractivity contribution is 5.94. The number of amides is 1. The van der Waals surface area contributed by atoms with Gasteiger partial charge in [-0.1, -0.05) is 6.42 Å². The minimum Gasteiger partial charge on any atom is -0.490 e. The van der Waals surface area contributed by atoms with E-state index in [4.69, 9.17) is 9.47 Å². The summed E-state index contributed by atoms with van der Waals surface area (Å²) in [5.41, 5.74) is 1.74. The van der Waals surface area contributed by atoms with Crippen molar-refractivity contribution < 1.29 is 14.3 Å². The zero-order chi connectivity index (χ0) is 22.1. The van der Waals surface area contributed by atoms with E-state index in [1.165, 1.54) is 19.3 Å². The summed E-state index contributed by atoms with van der Waals surface area (Å²) in [7, 11) is 0. The van der Waals surface area contributed by atoms with Crippen LogP contribution in [0.5, 0.6) is 5.75 Å². The van der Waals surface area contributed by atoms with Gasteiger partial charge in [0.2, 0.25) is 0 Å². The summed E-state index contributed by atoms with van der Waals surface area (Å²) in [6.45, 7) is 7.63. The number of carbonyl (C=O) groups is 1. The molecule has 3 aliphatic rings. The molecule has 0 spiro atoms. The van der Waals surface area contributed by atoms with Crippen LogP contribution in [-0.4, -0.2) is 70.8 Å². The van der Waals surface area contributed by atoms with Crippen molar-refractivity contribution in [2.45, 2.75) is 70.3 Å². The predicted octanol–water partition coefficient (Wildman–Crippen LogP) is 4.12. The van der Waals surface area contributed by atoms with E-state index in [1.54, 1.807) is 0 Å². The Labute approximate surface area is 191 Å². The van der Waals surface area contributed by atoms with Gasteiger partial charge in [-0.3, -0.25) is 4.79 Å². The molecule has 1 saturated carbocycles. The van der Waals surface area contributed by atoms with E-state index < -0.39 is 0 Å². The zero-order valence-corrected chi connectivity index (χ0v) is 19.3. The number of hydrogen-bond donors (Lipinski definition) is 0. The van der Waals surface area contributed by atoms with E-state index in [0.29, 0.717) is 24.8 Å². The first-order chi connectivity index (χ1) is 15.5. The van der Waals surface area contributed by atoms with Crippen molar-refractivity contribution in [2.24, 2.45) is 0 Å². The van der Waals surface area contributed by atoms with Crippen LogP contribution in [0.25, 0.3) is 5.69 Å². The van der Waals surface area contributed by atoms with Gasteiger partial charge in [0.05, 0.1) is 17.8 Å². The second kappa shape index (κ2) is 9.28. The molecule has 0 unspecified atom stereocenters. The van der Waals surface area contributed by atoms with E-state index in [2.05, 4.69) is 17.0 Å². The van der Waals surface area contributed by atoms with Crippen LogP contribution in [0, 0.1) is 0 Å². The molecule has 2 aliphatic heterocycles. The molecule has 1 aliphatic carbocycles. The maximum Gasteiger partial charge on any atom is 0.255 e. The van der Waals surface area contributed by atoms with Gasteiger partial charge in [-0.05, 0) is 69.9 Å². The number of benzene rings is 1. The Bertz CT molecular complexity index is 903. The van der Waals surface area contributed by atoms with Crippen molar-refractivity contribution in [3.05, 3.63) is 48.3 Å². The van der Waals surface area contributed by atoms with Gasteiger partial charge < -0.3 is 23.8 Å². The largest absolute Gasteiger partial charge is 0.490 e. The number of carbonyl (C=O) groups excluding carboxylic acids is 1. The van der Waals surface area contributed by atoms with Gasteiger partial charge in [0, 0.05) is 50.3 Å². The highest BCUT2D eigenvalue weighted by Gasteiger charge is 2.29. The van der Waals surface area contributed by atoms with Crippen LogP contribution < -0.4 is 4.74 Å². The number of aromatic nitrogens is 1. The number of morpholine rings is 1. The lowest BCUT2D eigenvalue weighted by Crippen LogP contribution is -2.48. The third kappa shape index (κ3) is 4.71. The molecule has 172 valence electrons. The van der Waals surface area contributed by atoms with Crippen LogP contribution in [0.2, 0.25) is 0 Å². The second-order valence-electron chi connectivity index (χ2n) is 9.71. The Morgan fingerprint density at radius 1 is 0.969 bits per heavy atom. The number of rotatable bonds is 5. The Kier molecular flexibility index (Phi) is 6.24. The molecular formula is C26H35N3O3. The van der Waals surface area contributed by atoms with Gasteiger partial charge in [-0.25, -0.2) is 0 Å². The summed E-state index contributed by atoms with van der Waals surface area (Å²) in [4.78, 5) is 17.5. The second-order valence-corrected chi connectivity index (χ2v) is 9.71. The van der Waals surface area contributed by atoms with Crippen LogP contribution in [0.4, 0.5) is 0 Å². The summed E-state index contributed by atoms with van der Waals surface area (Å²) in [6, 6.07) is 10.9. The molecular weight excluding hydrogens is 402 g/mol. The van der Waals surface area contributed by atoms with Crippen LogP contribution in [0.15, 0.2) is 42.7 Å². The summed E-state index contributed by atoms with van der Waals surface area (Å²) in [5.74, 6) is 0.995. The quantitative estimate of drug-likeness (QED) is 0.706. The van der Waals surface area contributed by atoms with Crippen molar-refractivity contribution in [1.82, 2.24) is 14.4 Å². The number of likely N-dealkylation sites (tertiary alicyclic amines) is 1. The van der Waals surface area contributed by atoms with Gasteiger partial charge >= 0.3 is 0 Å². The molecule has 3 heterocycles. The summed E-state index contributed by atoms with van der Waals surface area (Å²) in [6.07, 6.45) is 10.7. The van der Waals surface area contributed by atoms with Crippen LogP contribution in [0.3, 0.4) is 0 Å². The van der Waals surface area contributed by atoms with Crippen molar-refractivity contribution in [3.63, 3.8) is 0 Å². The minimum absolute atomic E-state index is 0.0685. The minimum atomic E-state index is 0.0685. The summed E-state index contributed by atoms with van der Waals surface area (Å²) in [5, 5.41) is 0. The van der Waals surface area contributed by atoms with Crippen molar-refractivity contribution in [1.29, 1.82) is 0 Å². The van der Waals surface area contributed by atoms with Gasteiger partial charge in [0.25, 0.3) is 5.91 Å². The van der Waals surface area contributed by atoms with Gasteiger partial charge in [-0.2, -0.15) is 0 Å². The molecule has 1 aromatic heterocycles. The molecule has 5 rings (SSSR count). The number of ether oxygens (including phenoxy) is 2. The first-order valence-corrected chi connectivity index (χ1v) is 12.2.